The third-order valence-electron chi connectivity index (χ3n) is 1.24. The summed E-state index contributed by atoms with van der Waals surface area (Å²) in [7, 11) is 0. The van der Waals surface area contributed by atoms with Crippen LogP contribution in [0.15, 0.2) is 22.7 Å². The van der Waals surface area contributed by atoms with E-state index in [4.69, 9.17) is 18.0 Å². The van der Waals surface area contributed by atoms with Crippen molar-refractivity contribution in [1.29, 1.82) is 0 Å². The van der Waals surface area contributed by atoms with Crippen molar-refractivity contribution in [3.05, 3.63) is 28.2 Å². The van der Waals surface area contributed by atoms with Gasteiger partial charge in [0.25, 0.3) is 0 Å². The molecule has 11 heavy (non-hydrogen) atoms. The molecule has 1 aromatic rings. The van der Waals surface area contributed by atoms with E-state index in [1.807, 2.05) is 0 Å². The highest BCUT2D eigenvalue weighted by molar-refractivity contribution is 9.10. The fraction of sp³-hybridized carbons (Fsp3) is 0. The normalized spacial score (nSPS) is 9.55. The van der Waals surface area contributed by atoms with Gasteiger partial charge in [-0.25, -0.2) is 0 Å². The summed E-state index contributed by atoms with van der Waals surface area (Å²) in [4.78, 5) is 0.190. The topological polar surface area (TPSA) is 46.2 Å². The van der Waals surface area contributed by atoms with E-state index in [2.05, 4.69) is 15.9 Å². The zero-order valence-corrected chi connectivity index (χ0v) is 7.95. The number of hydrogen-bond donors (Lipinski definition) is 2. The van der Waals surface area contributed by atoms with Gasteiger partial charge in [-0.3, -0.25) is 0 Å². The molecule has 1 aromatic carbocycles. The standard InChI is InChI=1S/C7H6BrNOS/c8-4-2-1-3-5(10)6(4)7(9)11/h1-3,10H,(H2,9,11). The maximum absolute atomic E-state index is 9.26. The van der Waals surface area contributed by atoms with Crippen molar-refractivity contribution in [3.8, 4) is 5.75 Å². The van der Waals surface area contributed by atoms with Gasteiger partial charge in [0.2, 0.25) is 0 Å². The minimum absolute atomic E-state index is 0.104. The lowest BCUT2D eigenvalue weighted by Gasteiger charge is -2.03. The van der Waals surface area contributed by atoms with E-state index in [1.54, 1.807) is 18.2 Å². The first-order valence-electron chi connectivity index (χ1n) is 2.90. The highest BCUT2D eigenvalue weighted by atomic mass is 79.9. The number of halogens is 1. The Labute approximate surface area is 78.2 Å². The molecule has 0 heterocycles. The second-order valence-corrected chi connectivity index (χ2v) is 3.29. The predicted molar refractivity (Wildman–Crippen MR) is 51.7 cm³/mol. The van der Waals surface area contributed by atoms with E-state index in [0.717, 1.165) is 0 Å². The first kappa shape index (κ1) is 8.49. The summed E-state index contributed by atoms with van der Waals surface area (Å²) >= 11 is 7.94. The van der Waals surface area contributed by atoms with Gasteiger partial charge in [-0.15, -0.1) is 0 Å². The van der Waals surface area contributed by atoms with Crippen LogP contribution in [0.5, 0.6) is 5.75 Å². The molecule has 2 nitrogen and oxygen atoms in total. The van der Waals surface area contributed by atoms with Crippen LogP contribution in [-0.2, 0) is 0 Å². The molecular weight excluding hydrogens is 226 g/mol. The van der Waals surface area contributed by atoms with E-state index >= 15 is 0 Å². The van der Waals surface area contributed by atoms with Crippen molar-refractivity contribution < 1.29 is 5.11 Å². The maximum atomic E-state index is 9.26. The molecule has 3 N–H and O–H groups in total. The molecule has 0 amide bonds. The Kier molecular flexibility index (Phi) is 2.46. The summed E-state index contributed by atoms with van der Waals surface area (Å²) in [5.74, 6) is 0.104. The summed E-state index contributed by atoms with van der Waals surface area (Å²) < 4.78 is 0.713. The summed E-state index contributed by atoms with van der Waals surface area (Å²) in [5.41, 5.74) is 5.85. The van der Waals surface area contributed by atoms with Gasteiger partial charge in [0.1, 0.15) is 10.7 Å². The molecule has 0 radical (unpaired) electrons. The number of aromatic hydroxyl groups is 1. The number of benzene rings is 1. The molecule has 0 bridgehead atoms. The smallest absolute Gasteiger partial charge is 0.126 e. The van der Waals surface area contributed by atoms with Crippen molar-refractivity contribution in [1.82, 2.24) is 0 Å². The van der Waals surface area contributed by atoms with Gasteiger partial charge < -0.3 is 10.8 Å². The van der Waals surface area contributed by atoms with Crippen LogP contribution >= 0.6 is 28.1 Å². The van der Waals surface area contributed by atoms with Crippen LogP contribution in [-0.4, -0.2) is 10.1 Å². The minimum Gasteiger partial charge on any atom is -0.507 e. The monoisotopic (exact) mass is 231 g/mol. The molecule has 0 aliphatic heterocycles. The molecule has 0 saturated heterocycles. The van der Waals surface area contributed by atoms with Crippen molar-refractivity contribution >= 4 is 33.1 Å². The molecule has 1 rings (SSSR count). The summed E-state index contributed by atoms with van der Waals surface area (Å²) in [6, 6.07) is 5.02. The highest BCUT2D eigenvalue weighted by Gasteiger charge is 2.06. The van der Waals surface area contributed by atoms with Gasteiger partial charge in [0.15, 0.2) is 0 Å². The first-order chi connectivity index (χ1) is 5.13. The van der Waals surface area contributed by atoms with Gasteiger partial charge >= 0.3 is 0 Å². The molecule has 0 aromatic heterocycles. The molecular formula is C7H6BrNOS. The fourth-order valence-electron chi connectivity index (χ4n) is 0.757. The van der Waals surface area contributed by atoms with Gasteiger partial charge in [0.05, 0.1) is 5.56 Å². The largest absolute Gasteiger partial charge is 0.507 e. The number of phenolic OH excluding ortho intramolecular Hbond substituents is 1. The second-order valence-electron chi connectivity index (χ2n) is 2.00. The molecule has 4 heteroatoms. The molecule has 0 aliphatic rings. The van der Waals surface area contributed by atoms with E-state index in [-0.39, 0.29) is 10.7 Å². The van der Waals surface area contributed by atoms with Crippen molar-refractivity contribution in [2.75, 3.05) is 0 Å². The van der Waals surface area contributed by atoms with Crippen LogP contribution < -0.4 is 5.73 Å². The zero-order valence-electron chi connectivity index (χ0n) is 5.54. The number of hydrogen-bond acceptors (Lipinski definition) is 2. The van der Waals surface area contributed by atoms with Crippen molar-refractivity contribution in [2.24, 2.45) is 5.73 Å². The Bertz CT molecular complexity index is 280. The summed E-state index contributed by atoms with van der Waals surface area (Å²) in [6.45, 7) is 0. The number of nitrogens with two attached hydrogens (primary N) is 1. The Morgan fingerprint density at radius 1 is 1.55 bits per heavy atom. The lowest BCUT2D eigenvalue weighted by atomic mass is 10.2. The SMILES string of the molecule is NC(=S)c1c(O)cccc1Br. The van der Waals surface area contributed by atoms with E-state index in [1.165, 1.54) is 0 Å². The third kappa shape index (κ3) is 1.70. The van der Waals surface area contributed by atoms with Crippen molar-refractivity contribution in [3.63, 3.8) is 0 Å². The Hall–Kier alpha value is -0.610. The molecule has 0 spiro atoms. The molecule has 58 valence electrons. The van der Waals surface area contributed by atoms with Crippen LogP contribution in [0.2, 0.25) is 0 Å². The quantitative estimate of drug-likeness (QED) is 0.725. The fourth-order valence-corrected chi connectivity index (χ4v) is 1.67. The van der Waals surface area contributed by atoms with Crippen LogP contribution in [0.25, 0.3) is 0 Å². The Morgan fingerprint density at radius 2 is 2.18 bits per heavy atom. The van der Waals surface area contributed by atoms with E-state index in [9.17, 15) is 5.11 Å². The van der Waals surface area contributed by atoms with Gasteiger partial charge in [-0.2, -0.15) is 0 Å². The Balaban J connectivity index is 3.32. The predicted octanol–water partition coefficient (Wildman–Crippen LogP) is 1.79. The number of rotatable bonds is 1. The minimum atomic E-state index is 0.104. The Morgan fingerprint density at radius 3 is 2.55 bits per heavy atom. The average Bonchev–Trinajstić information content (AvgIpc) is 1.85. The number of phenols is 1. The molecule has 0 saturated carbocycles. The second kappa shape index (κ2) is 3.19. The van der Waals surface area contributed by atoms with Gasteiger partial charge in [-0.1, -0.05) is 18.3 Å². The van der Waals surface area contributed by atoms with Crippen LogP contribution in [0.1, 0.15) is 5.56 Å². The zero-order chi connectivity index (χ0) is 8.43. The van der Waals surface area contributed by atoms with Gasteiger partial charge in [-0.05, 0) is 28.1 Å². The van der Waals surface area contributed by atoms with Gasteiger partial charge in [0, 0.05) is 4.47 Å². The highest BCUT2D eigenvalue weighted by Crippen LogP contribution is 2.24. The lowest BCUT2D eigenvalue weighted by molar-refractivity contribution is 0.474. The van der Waals surface area contributed by atoms with E-state index in [0.29, 0.717) is 10.0 Å². The van der Waals surface area contributed by atoms with Crippen LogP contribution in [0, 0.1) is 0 Å². The van der Waals surface area contributed by atoms with Crippen LogP contribution in [0.4, 0.5) is 0 Å². The van der Waals surface area contributed by atoms with Crippen molar-refractivity contribution in [2.45, 2.75) is 0 Å². The van der Waals surface area contributed by atoms with E-state index < -0.39 is 0 Å². The summed E-state index contributed by atoms with van der Waals surface area (Å²) in [5, 5.41) is 9.26. The van der Waals surface area contributed by atoms with Crippen LogP contribution in [0.3, 0.4) is 0 Å². The molecule has 0 fully saturated rings. The first-order valence-corrected chi connectivity index (χ1v) is 4.10. The molecule has 0 aliphatic carbocycles. The maximum Gasteiger partial charge on any atom is 0.126 e. The number of thiocarbonyl (C=S) groups is 1. The lowest BCUT2D eigenvalue weighted by Crippen LogP contribution is -2.10. The average molecular weight is 232 g/mol. The molecule has 0 atom stereocenters. The third-order valence-corrected chi connectivity index (χ3v) is 2.10. The summed E-state index contributed by atoms with van der Waals surface area (Å²) in [6.07, 6.45) is 0. The molecule has 0 unspecified atom stereocenters.